The van der Waals surface area contributed by atoms with E-state index in [1.54, 1.807) is 17.4 Å². The van der Waals surface area contributed by atoms with Crippen LogP contribution in [-0.4, -0.2) is 31.6 Å². The summed E-state index contributed by atoms with van der Waals surface area (Å²) < 4.78 is 36.2. The first-order valence-electron chi connectivity index (χ1n) is 7.03. The highest BCUT2D eigenvalue weighted by Crippen LogP contribution is 2.40. The maximum absolute atomic E-state index is 12.1. The monoisotopic (exact) mass is 350 g/mol. The molecule has 0 unspecified atom stereocenters. The lowest BCUT2D eigenvalue weighted by molar-refractivity contribution is 0.174. The first kappa shape index (κ1) is 14.5. The van der Waals surface area contributed by atoms with Crippen molar-refractivity contribution in [2.45, 2.75) is 12.5 Å². The van der Waals surface area contributed by atoms with Crippen molar-refractivity contribution in [3.8, 4) is 11.5 Å². The smallest absolute Gasteiger partial charge is 0.247 e. The van der Waals surface area contributed by atoms with Gasteiger partial charge in [-0.25, -0.2) is 8.42 Å². The quantitative estimate of drug-likeness (QED) is 0.853. The number of rotatable bonds is 3. The van der Waals surface area contributed by atoms with E-state index >= 15 is 0 Å². The highest BCUT2D eigenvalue weighted by Gasteiger charge is 2.35. The van der Waals surface area contributed by atoms with E-state index in [2.05, 4.69) is 5.10 Å². The molecule has 0 saturated heterocycles. The Kier molecular flexibility index (Phi) is 3.31. The van der Waals surface area contributed by atoms with Crippen molar-refractivity contribution >= 4 is 27.1 Å². The Morgan fingerprint density at radius 3 is 2.83 bits per heavy atom. The lowest BCUT2D eigenvalue weighted by Crippen LogP contribution is -2.25. The highest BCUT2D eigenvalue weighted by molar-refractivity contribution is 7.88. The second-order valence-electron chi connectivity index (χ2n) is 5.39. The molecule has 0 N–H and O–H groups in total. The van der Waals surface area contributed by atoms with Crippen LogP contribution in [0.4, 0.5) is 0 Å². The summed E-state index contributed by atoms with van der Waals surface area (Å²) in [5.74, 6) is 1.32. The van der Waals surface area contributed by atoms with Gasteiger partial charge >= 0.3 is 0 Å². The minimum atomic E-state index is -3.46. The lowest BCUT2D eigenvalue weighted by atomic mass is 10.0. The lowest BCUT2D eigenvalue weighted by Gasteiger charge is -2.21. The van der Waals surface area contributed by atoms with Gasteiger partial charge in [-0.2, -0.15) is 9.52 Å². The molecule has 4 rings (SSSR count). The van der Waals surface area contributed by atoms with Crippen LogP contribution in [0, 0.1) is 0 Å². The molecule has 0 fully saturated rings. The molecule has 8 heteroatoms. The van der Waals surface area contributed by atoms with Crippen LogP contribution in [0.15, 0.2) is 40.8 Å². The molecule has 0 aliphatic carbocycles. The van der Waals surface area contributed by atoms with Crippen LogP contribution < -0.4 is 9.47 Å². The number of hydrogen-bond acceptors (Lipinski definition) is 6. The van der Waals surface area contributed by atoms with Gasteiger partial charge in [0.2, 0.25) is 16.8 Å². The van der Waals surface area contributed by atoms with E-state index in [1.807, 2.05) is 29.6 Å². The molecule has 6 nitrogen and oxygen atoms in total. The number of sulfonamides is 1. The zero-order chi connectivity index (χ0) is 16.0. The molecule has 23 heavy (non-hydrogen) atoms. The van der Waals surface area contributed by atoms with Crippen LogP contribution in [-0.2, 0) is 10.0 Å². The van der Waals surface area contributed by atoms with E-state index in [-0.39, 0.29) is 12.8 Å². The van der Waals surface area contributed by atoms with Crippen molar-refractivity contribution in [3.63, 3.8) is 0 Å². The molecule has 120 valence electrons. The molecular formula is C15H14N2O4S2. The van der Waals surface area contributed by atoms with E-state index in [1.165, 1.54) is 10.7 Å². The fourth-order valence-electron chi connectivity index (χ4n) is 2.75. The van der Waals surface area contributed by atoms with Crippen molar-refractivity contribution in [1.29, 1.82) is 0 Å². The number of hydrazone groups is 1. The molecule has 1 atom stereocenters. The average molecular weight is 350 g/mol. The Bertz CT molecular complexity index is 875. The Hall–Kier alpha value is -2.06. The molecule has 0 amide bonds. The Morgan fingerprint density at radius 1 is 1.26 bits per heavy atom. The fourth-order valence-corrected chi connectivity index (χ4v) is 4.38. The molecule has 2 aromatic rings. The van der Waals surface area contributed by atoms with Gasteiger partial charge < -0.3 is 9.47 Å². The predicted molar refractivity (Wildman–Crippen MR) is 87.5 cm³/mol. The summed E-state index contributed by atoms with van der Waals surface area (Å²) in [7, 11) is -3.46. The molecule has 1 aromatic heterocycles. The highest BCUT2D eigenvalue weighted by atomic mass is 32.2. The maximum atomic E-state index is 12.1. The van der Waals surface area contributed by atoms with Crippen molar-refractivity contribution in [2.24, 2.45) is 5.10 Å². The first-order chi connectivity index (χ1) is 11.0. The molecule has 2 aliphatic heterocycles. The molecule has 0 saturated carbocycles. The summed E-state index contributed by atoms with van der Waals surface area (Å²) >= 11 is 1.55. The van der Waals surface area contributed by atoms with Crippen LogP contribution in [0.25, 0.3) is 0 Å². The van der Waals surface area contributed by atoms with E-state index in [0.717, 1.165) is 16.2 Å². The standard InChI is InChI=1S/C15H14N2O4S2/c1-23(18,19)17-12(8-11(16-17)15-3-2-6-22-15)10-4-5-13-14(7-10)21-9-20-13/h2-7,12H,8-9H2,1H3/t12-/m1/s1. The van der Waals surface area contributed by atoms with Crippen molar-refractivity contribution in [1.82, 2.24) is 4.41 Å². The van der Waals surface area contributed by atoms with Crippen molar-refractivity contribution in [2.75, 3.05) is 13.0 Å². The Morgan fingerprint density at radius 2 is 2.09 bits per heavy atom. The zero-order valence-corrected chi connectivity index (χ0v) is 13.9. The summed E-state index contributed by atoms with van der Waals surface area (Å²) in [6.07, 6.45) is 1.71. The number of hydrogen-bond donors (Lipinski definition) is 0. The van der Waals surface area contributed by atoms with Crippen LogP contribution in [0.3, 0.4) is 0 Å². The van der Waals surface area contributed by atoms with E-state index in [4.69, 9.17) is 9.47 Å². The summed E-state index contributed by atoms with van der Waals surface area (Å²) in [5, 5.41) is 6.31. The van der Waals surface area contributed by atoms with Gasteiger partial charge in [0.05, 0.1) is 22.9 Å². The Labute approximate surface area is 138 Å². The summed E-state index contributed by atoms with van der Waals surface area (Å²) in [6.45, 7) is 0.191. The maximum Gasteiger partial charge on any atom is 0.247 e. The molecule has 0 bridgehead atoms. The van der Waals surface area contributed by atoms with E-state index in [0.29, 0.717) is 17.9 Å². The van der Waals surface area contributed by atoms with Crippen molar-refractivity contribution in [3.05, 3.63) is 46.2 Å². The third-order valence-electron chi connectivity index (χ3n) is 3.80. The third kappa shape index (κ3) is 2.57. The van der Waals surface area contributed by atoms with Gasteiger partial charge in [0.25, 0.3) is 0 Å². The number of fused-ring (bicyclic) bond motifs is 1. The van der Waals surface area contributed by atoms with E-state index < -0.39 is 10.0 Å². The van der Waals surface area contributed by atoms with Gasteiger partial charge in [0.1, 0.15) is 0 Å². The van der Waals surface area contributed by atoms with Gasteiger partial charge in [0.15, 0.2) is 11.5 Å². The van der Waals surface area contributed by atoms with Gasteiger partial charge in [-0.1, -0.05) is 12.1 Å². The largest absolute Gasteiger partial charge is 0.454 e. The van der Waals surface area contributed by atoms with Crippen LogP contribution in [0.5, 0.6) is 11.5 Å². The SMILES string of the molecule is CS(=O)(=O)N1N=C(c2cccs2)C[C@@H]1c1ccc2c(c1)OCO2. The molecule has 3 heterocycles. The third-order valence-corrected chi connectivity index (χ3v) is 5.73. The number of nitrogens with zero attached hydrogens (tertiary/aromatic N) is 2. The second-order valence-corrected chi connectivity index (χ2v) is 8.18. The van der Waals surface area contributed by atoms with Crippen LogP contribution in [0.2, 0.25) is 0 Å². The molecule has 0 spiro atoms. The van der Waals surface area contributed by atoms with Gasteiger partial charge in [0, 0.05) is 6.42 Å². The molecular weight excluding hydrogens is 336 g/mol. The first-order valence-corrected chi connectivity index (χ1v) is 9.75. The van der Waals surface area contributed by atoms with E-state index in [9.17, 15) is 8.42 Å². The molecule has 2 aliphatic rings. The van der Waals surface area contributed by atoms with Gasteiger partial charge in [-0.15, -0.1) is 11.3 Å². The summed E-state index contributed by atoms with van der Waals surface area (Å²) in [6, 6.07) is 9.02. The summed E-state index contributed by atoms with van der Waals surface area (Å²) in [5.41, 5.74) is 1.63. The number of ether oxygens (including phenoxy) is 2. The molecule has 0 radical (unpaired) electrons. The predicted octanol–water partition coefficient (Wildman–Crippen LogP) is 2.59. The zero-order valence-electron chi connectivity index (χ0n) is 12.3. The fraction of sp³-hybridized carbons (Fsp3) is 0.267. The van der Waals surface area contributed by atoms with Crippen molar-refractivity contribution < 1.29 is 17.9 Å². The summed E-state index contributed by atoms with van der Waals surface area (Å²) in [4.78, 5) is 0.988. The molecule has 1 aromatic carbocycles. The number of benzene rings is 1. The minimum absolute atomic E-state index is 0.191. The normalized spacial score (nSPS) is 20.0. The average Bonchev–Trinajstić information content (AvgIpc) is 3.24. The Balaban J connectivity index is 1.73. The number of thiophene rings is 1. The van der Waals surface area contributed by atoms with Gasteiger partial charge in [-0.3, -0.25) is 0 Å². The van der Waals surface area contributed by atoms with Gasteiger partial charge in [-0.05, 0) is 29.1 Å². The van der Waals surface area contributed by atoms with Crippen LogP contribution >= 0.6 is 11.3 Å². The second kappa shape index (κ2) is 5.24. The minimum Gasteiger partial charge on any atom is -0.454 e. The topological polar surface area (TPSA) is 68.2 Å². The van der Waals surface area contributed by atoms with Crippen LogP contribution in [0.1, 0.15) is 22.9 Å².